The topological polar surface area (TPSA) is 92.4 Å². The van der Waals surface area contributed by atoms with Gasteiger partial charge in [0.25, 0.3) is 5.78 Å². The number of fused-ring (bicyclic) bond motifs is 1. The number of aliphatic hydroxyl groups is 1. The van der Waals surface area contributed by atoms with Crippen LogP contribution >= 0.6 is 0 Å². The number of amides is 1. The van der Waals surface area contributed by atoms with E-state index in [1.165, 1.54) is 19.2 Å². The number of hydrogen-bond donors (Lipinski definition) is 2. The normalized spacial score (nSPS) is 16.6. The van der Waals surface area contributed by atoms with Gasteiger partial charge in [-0.05, 0) is 44.6 Å². The maximum atomic E-state index is 12.1. The van der Waals surface area contributed by atoms with Crippen molar-refractivity contribution < 1.29 is 9.90 Å². The standard InChI is InChI=1S/C17H25N5O2/c1-11-14(12(2)22-17(21-11)19-10-20-22)7-8-16(24)18-9-15(23)13-5-3-4-6-13/h10,13,15,23H,3-9H2,1-2H3,(H,18,24). The first-order chi connectivity index (χ1) is 11.6. The molecule has 0 spiro atoms. The number of aliphatic hydroxyl groups excluding tert-OH is 1. The minimum atomic E-state index is -0.423. The molecule has 0 saturated heterocycles. The monoisotopic (exact) mass is 331 g/mol. The van der Waals surface area contributed by atoms with Gasteiger partial charge in [-0.3, -0.25) is 4.79 Å². The lowest BCUT2D eigenvalue weighted by Crippen LogP contribution is -2.35. The van der Waals surface area contributed by atoms with Crippen LogP contribution in [0.2, 0.25) is 0 Å². The first kappa shape index (κ1) is 16.8. The quantitative estimate of drug-likeness (QED) is 0.833. The highest BCUT2D eigenvalue weighted by Gasteiger charge is 2.23. The fourth-order valence-electron chi connectivity index (χ4n) is 3.57. The summed E-state index contributed by atoms with van der Waals surface area (Å²) in [7, 11) is 0. The fraction of sp³-hybridized carbons (Fsp3) is 0.647. The van der Waals surface area contributed by atoms with E-state index in [0.717, 1.165) is 29.8 Å². The van der Waals surface area contributed by atoms with E-state index in [1.54, 1.807) is 4.52 Å². The van der Waals surface area contributed by atoms with Crippen LogP contribution in [0.25, 0.3) is 5.78 Å². The molecule has 1 atom stereocenters. The molecule has 2 N–H and O–H groups in total. The van der Waals surface area contributed by atoms with Crippen LogP contribution in [0.15, 0.2) is 6.33 Å². The summed E-state index contributed by atoms with van der Waals surface area (Å²) in [4.78, 5) is 20.6. The molecule has 2 aromatic heterocycles. The van der Waals surface area contributed by atoms with Gasteiger partial charge in [-0.2, -0.15) is 10.1 Å². The Bertz CT molecular complexity index is 721. The molecule has 24 heavy (non-hydrogen) atoms. The molecule has 2 heterocycles. The first-order valence-corrected chi connectivity index (χ1v) is 8.67. The molecule has 1 aliphatic carbocycles. The van der Waals surface area contributed by atoms with E-state index in [0.29, 0.717) is 31.1 Å². The summed E-state index contributed by atoms with van der Waals surface area (Å²) in [5, 5.41) is 17.1. The van der Waals surface area contributed by atoms with Gasteiger partial charge in [-0.1, -0.05) is 12.8 Å². The second-order valence-electron chi connectivity index (χ2n) is 6.65. The Morgan fingerprint density at radius 1 is 1.42 bits per heavy atom. The van der Waals surface area contributed by atoms with Crippen LogP contribution in [0.3, 0.4) is 0 Å². The number of hydrogen-bond acceptors (Lipinski definition) is 5. The van der Waals surface area contributed by atoms with Crippen LogP contribution in [0.1, 0.15) is 49.1 Å². The van der Waals surface area contributed by atoms with Gasteiger partial charge >= 0.3 is 0 Å². The Hall–Kier alpha value is -2.02. The predicted molar refractivity (Wildman–Crippen MR) is 89.6 cm³/mol. The maximum absolute atomic E-state index is 12.1. The van der Waals surface area contributed by atoms with Crippen molar-refractivity contribution in [3.63, 3.8) is 0 Å². The molecule has 1 amide bonds. The van der Waals surface area contributed by atoms with Crippen LogP contribution < -0.4 is 5.32 Å². The molecule has 1 saturated carbocycles. The largest absolute Gasteiger partial charge is 0.391 e. The summed E-state index contributed by atoms with van der Waals surface area (Å²) in [5.41, 5.74) is 2.88. The van der Waals surface area contributed by atoms with E-state index in [9.17, 15) is 9.90 Å². The summed E-state index contributed by atoms with van der Waals surface area (Å²) < 4.78 is 1.70. The zero-order valence-electron chi connectivity index (χ0n) is 14.3. The third kappa shape index (κ3) is 3.56. The van der Waals surface area contributed by atoms with Crippen molar-refractivity contribution >= 4 is 11.7 Å². The molecule has 0 aromatic carbocycles. The zero-order chi connectivity index (χ0) is 17.1. The highest BCUT2D eigenvalue weighted by Crippen LogP contribution is 2.27. The van der Waals surface area contributed by atoms with Crippen molar-refractivity contribution in [1.29, 1.82) is 0 Å². The molecule has 7 heteroatoms. The summed E-state index contributed by atoms with van der Waals surface area (Å²) in [6.45, 7) is 4.24. The molecule has 1 aliphatic rings. The van der Waals surface area contributed by atoms with Crippen molar-refractivity contribution in [2.75, 3.05) is 6.54 Å². The Morgan fingerprint density at radius 3 is 2.92 bits per heavy atom. The molecular formula is C17H25N5O2. The van der Waals surface area contributed by atoms with Crippen molar-refractivity contribution in [1.82, 2.24) is 24.9 Å². The van der Waals surface area contributed by atoms with E-state index in [4.69, 9.17) is 0 Å². The van der Waals surface area contributed by atoms with Crippen molar-refractivity contribution in [2.45, 2.75) is 58.5 Å². The molecule has 0 aliphatic heterocycles. The summed E-state index contributed by atoms with van der Waals surface area (Å²) >= 11 is 0. The zero-order valence-corrected chi connectivity index (χ0v) is 14.3. The average Bonchev–Trinajstić information content (AvgIpc) is 3.23. The maximum Gasteiger partial charge on any atom is 0.252 e. The number of aryl methyl sites for hydroxylation is 2. The molecule has 3 rings (SSSR count). The van der Waals surface area contributed by atoms with Gasteiger partial charge in [0, 0.05) is 24.4 Å². The lowest BCUT2D eigenvalue weighted by molar-refractivity contribution is -0.121. The Balaban J connectivity index is 1.54. The van der Waals surface area contributed by atoms with Crippen molar-refractivity contribution in [2.24, 2.45) is 5.92 Å². The van der Waals surface area contributed by atoms with Gasteiger partial charge in [-0.25, -0.2) is 9.50 Å². The number of carbonyl (C=O) groups excluding carboxylic acids is 1. The van der Waals surface area contributed by atoms with Gasteiger partial charge in [-0.15, -0.1) is 0 Å². The molecule has 0 bridgehead atoms. The number of nitrogens with zero attached hydrogens (tertiary/aromatic N) is 4. The van der Waals surface area contributed by atoms with Crippen LogP contribution in [0.4, 0.5) is 0 Å². The van der Waals surface area contributed by atoms with E-state index < -0.39 is 6.10 Å². The molecular weight excluding hydrogens is 306 g/mol. The minimum absolute atomic E-state index is 0.0375. The van der Waals surface area contributed by atoms with Gasteiger partial charge in [0.2, 0.25) is 5.91 Å². The van der Waals surface area contributed by atoms with E-state index in [1.807, 2.05) is 13.8 Å². The van der Waals surface area contributed by atoms with E-state index in [-0.39, 0.29) is 5.91 Å². The molecule has 0 radical (unpaired) electrons. The lowest BCUT2D eigenvalue weighted by Gasteiger charge is -2.18. The van der Waals surface area contributed by atoms with Gasteiger partial charge in [0.1, 0.15) is 6.33 Å². The number of aromatic nitrogens is 4. The highest BCUT2D eigenvalue weighted by atomic mass is 16.3. The smallest absolute Gasteiger partial charge is 0.252 e. The van der Waals surface area contributed by atoms with Crippen LogP contribution in [-0.2, 0) is 11.2 Å². The molecule has 2 aromatic rings. The summed E-state index contributed by atoms with van der Waals surface area (Å²) in [6.07, 6.45) is 6.55. The van der Waals surface area contributed by atoms with Crippen LogP contribution in [-0.4, -0.2) is 43.2 Å². The number of rotatable bonds is 6. The SMILES string of the molecule is Cc1nc2ncnn2c(C)c1CCC(=O)NCC(O)C1CCCC1. The van der Waals surface area contributed by atoms with Crippen LogP contribution in [0.5, 0.6) is 0 Å². The van der Waals surface area contributed by atoms with Crippen molar-refractivity contribution in [3.05, 3.63) is 23.3 Å². The van der Waals surface area contributed by atoms with E-state index in [2.05, 4.69) is 20.4 Å². The Kier molecular flexibility index (Phi) is 5.08. The number of nitrogens with one attached hydrogen (secondary N) is 1. The van der Waals surface area contributed by atoms with Crippen LogP contribution in [0, 0.1) is 19.8 Å². The van der Waals surface area contributed by atoms with Gasteiger partial charge in [0.15, 0.2) is 0 Å². The van der Waals surface area contributed by atoms with Gasteiger partial charge < -0.3 is 10.4 Å². The predicted octanol–water partition coefficient (Wildman–Crippen LogP) is 1.34. The Labute approximate surface area is 141 Å². The average molecular weight is 331 g/mol. The van der Waals surface area contributed by atoms with Crippen molar-refractivity contribution in [3.8, 4) is 0 Å². The summed E-state index contributed by atoms with van der Waals surface area (Å²) in [5.74, 6) is 0.885. The third-order valence-electron chi connectivity index (χ3n) is 5.04. The molecule has 130 valence electrons. The molecule has 1 unspecified atom stereocenters. The van der Waals surface area contributed by atoms with Gasteiger partial charge in [0.05, 0.1) is 6.10 Å². The lowest BCUT2D eigenvalue weighted by atomic mass is 10.0. The second kappa shape index (κ2) is 7.25. The minimum Gasteiger partial charge on any atom is -0.391 e. The second-order valence-corrected chi connectivity index (χ2v) is 6.65. The summed E-state index contributed by atoms with van der Waals surface area (Å²) in [6, 6.07) is 0. The van der Waals surface area contributed by atoms with E-state index >= 15 is 0 Å². The highest BCUT2D eigenvalue weighted by molar-refractivity contribution is 5.76. The number of carbonyl (C=O) groups is 1. The fourth-order valence-corrected chi connectivity index (χ4v) is 3.57. The third-order valence-corrected chi connectivity index (χ3v) is 5.04. The Morgan fingerprint density at radius 2 is 2.17 bits per heavy atom. The molecule has 7 nitrogen and oxygen atoms in total. The molecule has 1 fully saturated rings. The first-order valence-electron chi connectivity index (χ1n) is 8.67.